The minimum Gasteiger partial charge on any atom is -0.466 e. The smallest absolute Gasteiger partial charge is 0.305 e. The minimum absolute atomic E-state index is 0.0281. The molecule has 0 heterocycles. The van der Waals surface area contributed by atoms with Crippen LogP contribution in [0.5, 0.6) is 0 Å². The van der Waals surface area contributed by atoms with Gasteiger partial charge in [0.1, 0.15) is 0 Å². The maximum atomic E-state index is 12.4. The number of carbonyl (C=O) groups is 2. The number of unbranched alkanes of at least 4 members (excludes halogenated alkanes) is 32. The highest BCUT2D eigenvalue weighted by Crippen LogP contribution is 2.16. The van der Waals surface area contributed by atoms with Gasteiger partial charge >= 0.3 is 5.97 Å². The molecule has 0 rings (SSSR count). The van der Waals surface area contributed by atoms with Crippen LogP contribution in [0.4, 0.5) is 0 Å². The van der Waals surface area contributed by atoms with Crippen molar-refractivity contribution in [3.63, 3.8) is 0 Å². The number of aliphatic hydroxyl groups excluding tert-OH is 2. The topological polar surface area (TPSA) is 95.9 Å². The summed E-state index contributed by atoms with van der Waals surface area (Å²) in [5, 5.41) is 23.2. The lowest BCUT2D eigenvalue weighted by atomic mass is 10.0. The van der Waals surface area contributed by atoms with E-state index >= 15 is 0 Å². The first-order valence-corrected chi connectivity index (χ1v) is 25.6. The van der Waals surface area contributed by atoms with Crippen molar-refractivity contribution < 1.29 is 24.5 Å². The van der Waals surface area contributed by atoms with Crippen LogP contribution in [-0.2, 0) is 14.3 Å². The van der Waals surface area contributed by atoms with Crippen molar-refractivity contribution >= 4 is 11.9 Å². The second-order valence-electron chi connectivity index (χ2n) is 17.5. The zero-order chi connectivity index (χ0) is 42.3. The number of nitrogens with one attached hydrogen (secondary N) is 1. The zero-order valence-corrected chi connectivity index (χ0v) is 38.8. The first-order chi connectivity index (χ1) is 28.5. The Hall–Kier alpha value is -1.66. The quantitative estimate of drug-likeness (QED) is 0.0323. The van der Waals surface area contributed by atoms with E-state index in [0.29, 0.717) is 25.9 Å². The van der Waals surface area contributed by atoms with Gasteiger partial charge < -0.3 is 20.3 Å². The highest BCUT2D eigenvalue weighted by molar-refractivity contribution is 5.76. The van der Waals surface area contributed by atoms with Gasteiger partial charge in [0.05, 0.1) is 25.4 Å². The number of hydrogen-bond acceptors (Lipinski definition) is 5. The largest absolute Gasteiger partial charge is 0.466 e. The van der Waals surface area contributed by atoms with Crippen LogP contribution in [0, 0.1) is 0 Å². The SMILES string of the molecule is CCCC/C=C\C/C=C\CCCCCCCC(=O)OCCCCCCCCCCCCCC(=O)NC(CO)C(O)CCCCCCCCCCCCCCCCCC. The van der Waals surface area contributed by atoms with Gasteiger partial charge in [-0.05, 0) is 51.4 Å². The van der Waals surface area contributed by atoms with E-state index in [1.807, 2.05) is 0 Å². The number of aliphatic hydroxyl groups is 2. The Morgan fingerprint density at radius 1 is 0.483 bits per heavy atom. The summed E-state index contributed by atoms with van der Waals surface area (Å²) >= 11 is 0. The third kappa shape index (κ3) is 43.9. The van der Waals surface area contributed by atoms with Gasteiger partial charge in [-0.2, -0.15) is 0 Å². The summed E-state index contributed by atoms with van der Waals surface area (Å²) in [5.74, 6) is -0.0822. The first-order valence-electron chi connectivity index (χ1n) is 25.6. The van der Waals surface area contributed by atoms with E-state index in [0.717, 1.165) is 70.6 Å². The molecule has 0 aliphatic rings. The van der Waals surface area contributed by atoms with Crippen molar-refractivity contribution in [1.29, 1.82) is 0 Å². The van der Waals surface area contributed by atoms with Crippen LogP contribution in [-0.4, -0.2) is 47.4 Å². The maximum Gasteiger partial charge on any atom is 0.305 e. The molecular weight excluding hydrogens is 719 g/mol. The average Bonchev–Trinajstić information content (AvgIpc) is 3.22. The molecular formula is C52H99NO5. The number of esters is 1. The van der Waals surface area contributed by atoms with Gasteiger partial charge in [0, 0.05) is 12.8 Å². The predicted molar refractivity (Wildman–Crippen MR) is 250 cm³/mol. The van der Waals surface area contributed by atoms with Crippen LogP contribution < -0.4 is 5.32 Å². The van der Waals surface area contributed by atoms with E-state index in [2.05, 4.69) is 43.5 Å². The van der Waals surface area contributed by atoms with E-state index in [1.54, 1.807) is 0 Å². The third-order valence-corrected chi connectivity index (χ3v) is 11.8. The van der Waals surface area contributed by atoms with Gasteiger partial charge in [-0.15, -0.1) is 0 Å². The Balaban J connectivity index is 3.49. The fourth-order valence-corrected chi connectivity index (χ4v) is 7.77. The van der Waals surface area contributed by atoms with E-state index in [4.69, 9.17) is 4.74 Å². The fraction of sp³-hybridized carbons (Fsp3) is 0.885. The molecule has 0 saturated heterocycles. The second-order valence-corrected chi connectivity index (χ2v) is 17.5. The van der Waals surface area contributed by atoms with Gasteiger partial charge in [0.2, 0.25) is 5.91 Å². The van der Waals surface area contributed by atoms with E-state index in [9.17, 15) is 19.8 Å². The van der Waals surface area contributed by atoms with Crippen molar-refractivity contribution in [2.24, 2.45) is 0 Å². The summed E-state index contributed by atoms with van der Waals surface area (Å²) in [5.41, 5.74) is 0. The lowest BCUT2D eigenvalue weighted by molar-refractivity contribution is -0.143. The zero-order valence-electron chi connectivity index (χ0n) is 38.8. The van der Waals surface area contributed by atoms with Crippen molar-refractivity contribution in [3.05, 3.63) is 24.3 Å². The molecule has 0 aromatic carbocycles. The van der Waals surface area contributed by atoms with Gasteiger partial charge in [-0.1, -0.05) is 231 Å². The number of rotatable bonds is 47. The molecule has 0 aromatic rings. The predicted octanol–water partition coefficient (Wildman–Crippen LogP) is 15.1. The number of allylic oxidation sites excluding steroid dienone is 4. The maximum absolute atomic E-state index is 12.4. The fourth-order valence-electron chi connectivity index (χ4n) is 7.77. The summed E-state index contributed by atoms with van der Waals surface area (Å²) in [6.07, 6.45) is 55.6. The van der Waals surface area contributed by atoms with Crippen LogP contribution >= 0.6 is 0 Å². The molecule has 0 bridgehead atoms. The van der Waals surface area contributed by atoms with E-state index < -0.39 is 12.1 Å². The average molecular weight is 818 g/mol. The number of amides is 1. The molecule has 0 aromatic heterocycles. The van der Waals surface area contributed by atoms with Gasteiger partial charge in [-0.3, -0.25) is 9.59 Å². The molecule has 1 amide bonds. The molecule has 0 spiro atoms. The Morgan fingerprint density at radius 2 is 0.879 bits per heavy atom. The molecule has 2 unspecified atom stereocenters. The van der Waals surface area contributed by atoms with Gasteiger partial charge in [0.25, 0.3) is 0 Å². The molecule has 0 saturated carbocycles. The standard InChI is InChI=1S/C52H99NO5/c1-3-5-7-9-11-13-15-17-19-20-21-24-28-32-36-40-44-50(55)49(48-54)53-51(56)45-41-37-33-29-25-23-27-31-35-39-43-47-58-52(57)46-42-38-34-30-26-22-18-16-14-12-10-8-6-4-2/h10,12,16,18,49-50,54-55H,3-9,11,13-15,17,19-48H2,1-2H3,(H,53,56)/b12-10-,18-16-. The van der Waals surface area contributed by atoms with Gasteiger partial charge in [-0.25, -0.2) is 0 Å². The summed E-state index contributed by atoms with van der Waals surface area (Å²) in [4.78, 5) is 24.5. The molecule has 6 nitrogen and oxygen atoms in total. The molecule has 0 radical (unpaired) electrons. The Kier molecular flexibility index (Phi) is 46.6. The van der Waals surface area contributed by atoms with Crippen LogP contribution in [0.15, 0.2) is 24.3 Å². The third-order valence-electron chi connectivity index (χ3n) is 11.8. The molecule has 58 heavy (non-hydrogen) atoms. The second kappa shape index (κ2) is 48.0. The lowest BCUT2D eigenvalue weighted by Gasteiger charge is -2.22. The van der Waals surface area contributed by atoms with E-state index in [1.165, 1.54) is 167 Å². The van der Waals surface area contributed by atoms with Crippen LogP contribution in [0.1, 0.15) is 271 Å². The van der Waals surface area contributed by atoms with Crippen molar-refractivity contribution in [1.82, 2.24) is 5.32 Å². The minimum atomic E-state index is -0.677. The molecule has 6 heteroatoms. The van der Waals surface area contributed by atoms with Crippen LogP contribution in [0.25, 0.3) is 0 Å². The molecule has 2 atom stereocenters. The number of ether oxygens (including phenoxy) is 1. The van der Waals surface area contributed by atoms with E-state index in [-0.39, 0.29) is 18.5 Å². The normalized spacial score (nSPS) is 12.8. The summed E-state index contributed by atoms with van der Waals surface area (Å²) < 4.78 is 5.44. The Labute approximate surface area is 361 Å². The molecule has 342 valence electrons. The van der Waals surface area contributed by atoms with Gasteiger partial charge in [0.15, 0.2) is 0 Å². The molecule has 0 aliphatic carbocycles. The Bertz CT molecular complexity index is 904. The van der Waals surface area contributed by atoms with Crippen molar-refractivity contribution in [2.75, 3.05) is 13.2 Å². The Morgan fingerprint density at radius 3 is 1.36 bits per heavy atom. The molecule has 3 N–H and O–H groups in total. The highest BCUT2D eigenvalue weighted by atomic mass is 16.5. The van der Waals surface area contributed by atoms with Crippen molar-refractivity contribution in [2.45, 2.75) is 283 Å². The molecule has 0 fully saturated rings. The summed E-state index contributed by atoms with van der Waals surface area (Å²) in [6.45, 7) is 4.87. The summed E-state index contributed by atoms with van der Waals surface area (Å²) in [6, 6.07) is -0.556. The highest BCUT2D eigenvalue weighted by Gasteiger charge is 2.20. The lowest BCUT2D eigenvalue weighted by Crippen LogP contribution is -2.45. The number of hydrogen-bond donors (Lipinski definition) is 3. The molecule has 0 aliphatic heterocycles. The van der Waals surface area contributed by atoms with Crippen molar-refractivity contribution in [3.8, 4) is 0 Å². The van der Waals surface area contributed by atoms with Crippen LogP contribution in [0.2, 0.25) is 0 Å². The summed E-state index contributed by atoms with van der Waals surface area (Å²) in [7, 11) is 0. The monoisotopic (exact) mass is 818 g/mol. The first kappa shape index (κ1) is 56.3. The number of carbonyl (C=O) groups excluding carboxylic acids is 2. The van der Waals surface area contributed by atoms with Crippen LogP contribution in [0.3, 0.4) is 0 Å².